The number of allylic oxidation sites excluding steroid dienone is 4. The first kappa shape index (κ1) is 9.13. The molecule has 0 aliphatic heterocycles. The summed E-state index contributed by atoms with van der Waals surface area (Å²) in [6.07, 6.45) is 5.82. The quantitative estimate of drug-likeness (QED) is 0.641. The molecular weight excluding hydrogens is 235 g/mol. The van der Waals surface area contributed by atoms with Crippen molar-refractivity contribution in [2.45, 2.75) is 31.4 Å². The highest BCUT2D eigenvalue weighted by molar-refractivity contribution is 9.11. The van der Waals surface area contributed by atoms with E-state index in [0.29, 0.717) is 18.4 Å². The summed E-state index contributed by atoms with van der Waals surface area (Å²) in [5.74, 6) is -0.384. The fraction of sp³-hybridized carbons (Fsp3) is 0.500. The monoisotopic (exact) mass is 244 g/mol. The standard InChI is InChI=1S/C10H10BrFO/c11-8-4-5-9(13)10(12)6-2-1-3-7(8)10/h4-5H,1-3,6H2/t10-/m1/s1. The summed E-state index contributed by atoms with van der Waals surface area (Å²) < 4.78 is 14.9. The number of fused-ring (bicyclic) bond motifs is 1. The molecule has 0 spiro atoms. The van der Waals surface area contributed by atoms with Crippen LogP contribution in [0.15, 0.2) is 22.2 Å². The zero-order valence-corrected chi connectivity index (χ0v) is 8.73. The van der Waals surface area contributed by atoms with Crippen molar-refractivity contribution >= 4 is 21.7 Å². The van der Waals surface area contributed by atoms with Crippen molar-refractivity contribution in [3.63, 3.8) is 0 Å². The summed E-state index contributed by atoms with van der Waals surface area (Å²) in [5, 5.41) is 0. The lowest BCUT2D eigenvalue weighted by Crippen LogP contribution is -2.39. The van der Waals surface area contributed by atoms with Gasteiger partial charge in [0.15, 0.2) is 11.5 Å². The van der Waals surface area contributed by atoms with Gasteiger partial charge in [0.25, 0.3) is 0 Å². The van der Waals surface area contributed by atoms with Gasteiger partial charge in [0.05, 0.1) is 0 Å². The van der Waals surface area contributed by atoms with E-state index in [0.717, 1.165) is 17.3 Å². The predicted molar refractivity (Wildman–Crippen MR) is 52.4 cm³/mol. The molecule has 0 amide bonds. The molecule has 1 nitrogen and oxygen atoms in total. The molecule has 1 fully saturated rings. The van der Waals surface area contributed by atoms with Crippen LogP contribution in [0.2, 0.25) is 0 Å². The Morgan fingerprint density at radius 3 is 2.85 bits per heavy atom. The number of alkyl halides is 1. The largest absolute Gasteiger partial charge is 0.291 e. The zero-order chi connectivity index (χ0) is 9.47. The van der Waals surface area contributed by atoms with Crippen molar-refractivity contribution in [1.29, 1.82) is 0 Å². The van der Waals surface area contributed by atoms with Crippen molar-refractivity contribution in [2.75, 3.05) is 0 Å². The second-order valence-corrected chi connectivity index (χ2v) is 4.39. The molecular formula is C10H10BrFO. The second kappa shape index (κ2) is 3.05. The molecule has 0 aromatic carbocycles. The molecule has 70 valence electrons. The van der Waals surface area contributed by atoms with Gasteiger partial charge in [-0.15, -0.1) is 0 Å². The average molecular weight is 245 g/mol. The maximum absolute atomic E-state index is 14.2. The highest BCUT2D eigenvalue weighted by Gasteiger charge is 2.44. The summed E-state index contributed by atoms with van der Waals surface area (Å²) in [6, 6.07) is 0. The van der Waals surface area contributed by atoms with E-state index >= 15 is 0 Å². The summed E-state index contributed by atoms with van der Waals surface area (Å²) >= 11 is 3.29. The number of rotatable bonds is 0. The van der Waals surface area contributed by atoms with Crippen molar-refractivity contribution in [1.82, 2.24) is 0 Å². The van der Waals surface area contributed by atoms with Gasteiger partial charge in [0, 0.05) is 4.48 Å². The highest BCUT2D eigenvalue weighted by atomic mass is 79.9. The minimum Gasteiger partial charge on any atom is -0.291 e. The molecule has 0 unspecified atom stereocenters. The van der Waals surface area contributed by atoms with E-state index in [-0.39, 0.29) is 5.78 Å². The lowest BCUT2D eigenvalue weighted by molar-refractivity contribution is -0.124. The van der Waals surface area contributed by atoms with Gasteiger partial charge < -0.3 is 0 Å². The van der Waals surface area contributed by atoms with E-state index in [1.807, 2.05) is 0 Å². The lowest BCUT2D eigenvalue weighted by atomic mass is 9.76. The first-order valence-electron chi connectivity index (χ1n) is 4.45. The van der Waals surface area contributed by atoms with Gasteiger partial charge in [-0.05, 0) is 43.4 Å². The topological polar surface area (TPSA) is 17.1 Å². The van der Waals surface area contributed by atoms with Crippen LogP contribution in [0.5, 0.6) is 0 Å². The van der Waals surface area contributed by atoms with Gasteiger partial charge in [-0.1, -0.05) is 15.9 Å². The Kier molecular flexibility index (Phi) is 2.14. The van der Waals surface area contributed by atoms with E-state index in [1.165, 1.54) is 6.08 Å². The second-order valence-electron chi connectivity index (χ2n) is 3.53. The van der Waals surface area contributed by atoms with Crippen LogP contribution >= 0.6 is 15.9 Å². The van der Waals surface area contributed by atoms with Crippen molar-refractivity contribution in [2.24, 2.45) is 0 Å². The van der Waals surface area contributed by atoms with Gasteiger partial charge in [-0.25, -0.2) is 4.39 Å². The maximum Gasteiger partial charge on any atom is 0.197 e. The summed E-state index contributed by atoms with van der Waals surface area (Å²) in [6.45, 7) is 0. The van der Waals surface area contributed by atoms with Crippen LogP contribution in [0.1, 0.15) is 25.7 Å². The van der Waals surface area contributed by atoms with E-state index < -0.39 is 5.67 Å². The van der Waals surface area contributed by atoms with Gasteiger partial charge >= 0.3 is 0 Å². The Labute approximate surface area is 84.8 Å². The number of carbonyl (C=O) groups excluding carboxylic acids is 1. The number of carbonyl (C=O) groups is 1. The van der Waals surface area contributed by atoms with E-state index in [9.17, 15) is 9.18 Å². The van der Waals surface area contributed by atoms with Crippen molar-refractivity contribution in [3.8, 4) is 0 Å². The first-order chi connectivity index (χ1) is 6.14. The third kappa shape index (κ3) is 1.30. The zero-order valence-electron chi connectivity index (χ0n) is 7.15. The Bertz CT molecular complexity index is 319. The molecule has 0 aromatic heterocycles. The van der Waals surface area contributed by atoms with Gasteiger partial charge in [-0.3, -0.25) is 4.79 Å². The normalized spacial score (nSPS) is 33.5. The third-order valence-electron chi connectivity index (χ3n) is 2.74. The number of ketones is 1. The molecule has 0 aromatic rings. The Morgan fingerprint density at radius 1 is 1.38 bits per heavy atom. The molecule has 1 atom stereocenters. The summed E-state index contributed by atoms with van der Waals surface area (Å²) in [5.41, 5.74) is -1.04. The van der Waals surface area contributed by atoms with Gasteiger partial charge in [-0.2, -0.15) is 0 Å². The highest BCUT2D eigenvalue weighted by Crippen LogP contribution is 2.43. The fourth-order valence-corrected chi connectivity index (χ4v) is 2.63. The van der Waals surface area contributed by atoms with Crippen LogP contribution in [0.25, 0.3) is 0 Å². The average Bonchev–Trinajstić information content (AvgIpc) is 2.12. The number of hydrogen-bond acceptors (Lipinski definition) is 1. The summed E-state index contributed by atoms with van der Waals surface area (Å²) in [7, 11) is 0. The van der Waals surface area contributed by atoms with Crippen LogP contribution in [0, 0.1) is 0 Å². The minimum atomic E-state index is -1.69. The molecule has 0 N–H and O–H groups in total. The van der Waals surface area contributed by atoms with Crippen molar-refractivity contribution < 1.29 is 9.18 Å². The molecule has 2 aliphatic carbocycles. The minimum absolute atomic E-state index is 0.348. The number of halogens is 2. The van der Waals surface area contributed by atoms with Gasteiger partial charge in [0.2, 0.25) is 0 Å². The Balaban J connectivity index is 2.47. The molecule has 3 heteroatoms. The van der Waals surface area contributed by atoms with Crippen molar-refractivity contribution in [3.05, 3.63) is 22.2 Å². The maximum atomic E-state index is 14.2. The van der Waals surface area contributed by atoms with Crippen LogP contribution in [0.3, 0.4) is 0 Å². The number of hydrogen-bond donors (Lipinski definition) is 0. The molecule has 0 heterocycles. The Morgan fingerprint density at radius 2 is 2.15 bits per heavy atom. The van der Waals surface area contributed by atoms with E-state index in [4.69, 9.17) is 0 Å². The lowest BCUT2D eigenvalue weighted by Gasteiger charge is -2.32. The van der Waals surface area contributed by atoms with Crippen LogP contribution < -0.4 is 0 Å². The molecule has 1 saturated carbocycles. The molecule has 0 bridgehead atoms. The van der Waals surface area contributed by atoms with Crippen LogP contribution in [-0.4, -0.2) is 11.5 Å². The molecule has 0 radical (unpaired) electrons. The third-order valence-corrected chi connectivity index (χ3v) is 3.48. The predicted octanol–water partition coefficient (Wildman–Crippen LogP) is 3.06. The van der Waals surface area contributed by atoms with Gasteiger partial charge in [0.1, 0.15) is 0 Å². The fourth-order valence-electron chi connectivity index (χ4n) is 1.98. The molecule has 13 heavy (non-hydrogen) atoms. The Hall–Kier alpha value is -0.440. The van der Waals surface area contributed by atoms with Crippen LogP contribution in [0.4, 0.5) is 4.39 Å². The first-order valence-corrected chi connectivity index (χ1v) is 5.24. The van der Waals surface area contributed by atoms with E-state index in [2.05, 4.69) is 15.9 Å². The summed E-state index contributed by atoms with van der Waals surface area (Å²) in [4.78, 5) is 11.4. The molecule has 2 aliphatic rings. The molecule has 2 rings (SSSR count). The SMILES string of the molecule is O=C1C=CC(Br)=C2CCCC[C@]12F. The molecule has 0 saturated heterocycles. The van der Waals surface area contributed by atoms with Crippen LogP contribution in [-0.2, 0) is 4.79 Å². The smallest absolute Gasteiger partial charge is 0.197 e. The van der Waals surface area contributed by atoms with E-state index in [1.54, 1.807) is 6.08 Å².